The number of aryl methyl sites for hydroxylation is 4. The minimum absolute atomic E-state index is 0.238. The summed E-state index contributed by atoms with van der Waals surface area (Å²) < 4.78 is 28.2. The smallest absolute Gasteiger partial charge is 0.242 e. The third-order valence-electron chi connectivity index (χ3n) is 6.38. The van der Waals surface area contributed by atoms with Gasteiger partial charge in [-0.15, -0.1) is 0 Å². The van der Waals surface area contributed by atoms with E-state index < -0.39 is 10.0 Å². The lowest BCUT2D eigenvalue weighted by molar-refractivity contribution is 0.584. The highest BCUT2D eigenvalue weighted by Crippen LogP contribution is 2.38. The number of nitrogens with one attached hydrogen (secondary N) is 2. The Labute approximate surface area is 161 Å². The van der Waals surface area contributed by atoms with Gasteiger partial charge in [-0.05, 0) is 103 Å². The summed E-state index contributed by atoms with van der Waals surface area (Å²) in [6.07, 6.45) is 10.1. The van der Waals surface area contributed by atoms with Gasteiger partial charge in [0, 0.05) is 5.69 Å². The highest BCUT2D eigenvalue weighted by Gasteiger charge is 2.24. The van der Waals surface area contributed by atoms with E-state index in [0.29, 0.717) is 4.90 Å². The van der Waals surface area contributed by atoms with Crippen molar-refractivity contribution in [1.29, 1.82) is 0 Å². The van der Waals surface area contributed by atoms with Crippen molar-refractivity contribution in [2.45, 2.75) is 62.7 Å². The van der Waals surface area contributed by atoms with Gasteiger partial charge in [0.25, 0.3) is 0 Å². The van der Waals surface area contributed by atoms with Gasteiger partial charge in [0.05, 0.1) is 11.6 Å². The normalized spacial score (nSPS) is 17.6. The van der Waals surface area contributed by atoms with E-state index in [4.69, 9.17) is 0 Å². The zero-order valence-electron chi connectivity index (χ0n) is 15.6. The zero-order chi connectivity index (χ0) is 18.4. The molecule has 0 atom stereocenters. The molecular formula is C22H26N2O2S. The third-order valence-corrected chi connectivity index (χ3v) is 7.78. The Kier molecular flexibility index (Phi) is 4.25. The Morgan fingerprint density at radius 3 is 2.11 bits per heavy atom. The molecular weight excluding hydrogens is 356 g/mol. The standard InChI is InChI=1S/C22H26N2O2S/c25-27(26,19-11-10-15-4-1-5-16(15)13-19)24-14-23-22-20-8-2-6-17(20)12-18-7-3-9-21(18)22/h10-13,23-24H,1-9,14H2. The van der Waals surface area contributed by atoms with Crippen molar-refractivity contribution in [3.8, 4) is 0 Å². The maximum atomic E-state index is 12.7. The summed E-state index contributed by atoms with van der Waals surface area (Å²) in [5.41, 5.74) is 9.42. The minimum Gasteiger partial charge on any atom is -0.371 e. The number of sulfonamides is 1. The van der Waals surface area contributed by atoms with Crippen LogP contribution < -0.4 is 10.0 Å². The molecule has 0 heterocycles. The maximum absolute atomic E-state index is 12.7. The monoisotopic (exact) mass is 382 g/mol. The second-order valence-electron chi connectivity index (χ2n) is 8.02. The summed E-state index contributed by atoms with van der Waals surface area (Å²) in [6.45, 7) is 0.238. The molecule has 0 fully saturated rings. The lowest BCUT2D eigenvalue weighted by Crippen LogP contribution is -2.29. The second-order valence-corrected chi connectivity index (χ2v) is 9.79. The maximum Gasteiger partial charge on any atom is 0.242 e. The summed E-state index contributed by atoms with van der Waals surface area (Å²) in [6, 6.07) is 7.96. The first kappa shape index (κ1) is 17.3. The number of rotatable bonds is 5. The zero-order valence-corrected chi connectivity index (χ0v) is 16.4. The van der Waals surface area contributed by atoms with E-state index in [1.54, 1.807) is 6.07 Å². The Balaban J connectivity index is 1.34. The molecule has 0 saturated heterocycles. The second kappa shape index (κ2) is 6.64. The van der Waals surface area contributed by atoms with Gasteiger partial charge < -0.3 is 5.32 Å². The topological polar surface area (TPSA) is 58.2 Å². The first-order valence-corrected chi connectivity index (χ1v) is 11.6. The van der Waals surface area contributed by atoms with Crippen LogP contribution in [0.5, 0.6) is 0 Å². The molecule has 3 aliphatic carbocycles. The lowest BCUT2D eigenvalue weighted by Gasteiger charge is -2.17. The van der Waals surface area contributed by atoms with Crippen molar-refractivity contribution >= 4 is 15.7 Å². The number of benzene rings is 2. The summed E-state index contributed by atoms with van der Waals surface area (Å²) in [7, 11) is -3.49. The van der Waals surface area contributed by atoms with Crippen LogP contribution in [0, 0.1) is 0 Å². The summed E-state index contributed by atoms with van der Waals surface area (Å²) in [4.78, 5) is 0.383. The summed E-state index contributed by atoms with van der Waals surface area (Å²) in [5.74, 6) is 0. The molecule has 27 heavy (non-hydrogen) atoms. The average molecular weight is 383 g/mol. The van der Waals surface area contributed by atoms with Crippen molar-refractivity contribution in [2.75, 3.05) is 12.0 Å². The van der Waals surface area contributed by atoms with E-state index >= 15 is 0 Å². The predicted molar refractivity (Wildman–Crippen MR) is 108 cm³/mol. The van der Waals surface area contributed by atoms with Crippen molar-refractivity contribution in [3.63, 3.8) is 0 Å². The molecule has 142 valence electrons. The molecule has 0 amide bonds. The average Bonchev–Trinajstić information content (AvgIpc) is 3.40. The molecule has 2 aromatic carbocycles. The molecule has 0 saturated carbocycles. The molecule has 0 unspecified atom stereocenters. The molecule has 0 aromatic heterocycles. The van der Waals surface area contributed by atoms with Crippen LogP contribution in [0.2, 0.25) is 0 Å². The number of fused-ring (bicyclic) bond motifs is 3. The molecule has 3 aliphatic rings. The van der Waals surface area contributed by atoms with E-state index in [1.165, 1.54) is 51.9 Å². The number of anilines is 1. The Morgan fingerprint density at radius 1 is 0.741 bits per heavy atom. The molecule has 0 bridgehead atoms. The Bertz CT molecular complexity index is 979. The van der Waals surface area contributed by atoms with E-state index in [1.807, 2.05) is 12.1 Å². The van der Waals surface area contributed by atoms with Crippen molar-refractivity contribution in [3.05, 3.63) is 57.6 Å². The van der Waals surface area contributed by atoms with Crippen LogP contribution in [0.15, 0.2) is 29.2 Å². The fraction of sp³-hybridized carbons (Fsp3) is 0.455. The lowest BCUT2D eigenvalue weighted by atomic mass is 9.99. The fourth-order valence-corrected chi connectivity index (χ4v) is 6.02. The Morgan fingerprint density at radius 2 is 1.37 bits per heavy atom. The van der Waals surface area contributed by atoms with Crippen LogP contribution in [-0.4, -0.2) is 15.1 Å². The van der Waals surface area contributed by atoms with Crippen LogP contribution in [0.25, 0.3) is 0 Å². The van der Waals surface area contributed by atoms with Crippen LogP contribution in [-0.2, 0) is 48.5 Å². The van der Waals surface area contributed by atoms with Crippen LogP contribution >= 0.6 is 0 Å². The molecule has 5 heteroatoms. The van der Waals surface area contributed by atoms with Gasteiger partial charge in [0.15, 0.2) is 0 Å². The van der Waals surface area contributed by atoms with E-state index in [2.05, 4.69) is 16.1 Å². The molecule has 4 nitrogen and oxygen atoms in total. The molecule has 0 radical (unpaired) electrons. The van der Waals surface area contributed by atoms with Gasteiger partial charge in [-0.1, -0.05) is 12.1 Å². The van der Waals surface area contributed by atoms with Gasteiger partial charge in [-0.25, -0.2) is 8.42 Å². The summed E-state index contributed by atoms with van der Waals surface area (Å²) in [5, 5.41) is 3.43. The van der Waals surface area contributed by atoms with Crippen LogP contribution in [0.4, 0.5) is 5.69 Å². The third kappa shape index (κ3) is 3.07. The SMILES string of the molecule is O=S(=O)(NCNc1c2c(cc3c1CCC3)CCC2)c1ccc2c(c1)CCC2. The molecule has 2 aromatic rings. The fourth-order valence-electron chi connectivity index (χ4n) is 5.05. The molecule has 2 N–H and O–H groups in total. The van der Waals surface area contributed by atoms with Gasteiger partial charge >= 0.3 is 0 Å². The number of hydrogen-bond donors (Lipinski definition) is 2. The molecule has 5 rings (SSSR count). The molecule has 0 aliphatic heterocycles. The first-order valence-electron chi connectivity index (χ1n) is 10.1. The van der Waals surface area contributed by atoms with Gasteiger partial charge in [-0.2, -0.15) is 4.72 Å². The van der Waals surface area contributed by atoms with Crippen molar-refractivity contribution in [2.24, 2.45) is 0 Å². The van der Waals surface area contributed by atoms with Crippen molar-refractivity contribution in [1.82, 2.24) is 4.72 Å². The molecule has 0 spiro atoms. The predicted octanol–water partition coefficient (Wildman–Crippen LogP) is 3.50. The van der Waals surface area contributed by atoms with E-state index in [9.17, 15) is 8.42 Å². The minimum atomic E-state index is -3.49. The quantitative estimate of drug-likeness (QED) is 0.778. The van der Waals surface area contributed by atoms with Crippen molar-refractivity contribution < 1.29 is 8.42 Å². The highest BCUT2D eigenvalue weighted by molar-refractivity contribution is 7.89. The van der Waals surface area contributed by atoms with Gasteiger partial charge in [-0.3, -0.25) is 0 Å². The van der Waals surface area contributed by atoms with Gasteiger partial charge in [0.1, 0.15) is 0 Å². The van der Waals surface area contributed by atoms with Crippen LogP contribution in [0.3, 0.4) is 0 Å². The van der Waals surface area contributed by atoms with Crippen LogP contribution in [0.1, 0.15) is 52.6 Å². The van der Waals surface area contributed by atoms with Gasteiger partial charge in [0.2, 0.25) is 10.0 Å². The highest BCUT2D eigenvalue weighted by atomic mass is 32.2. The largest absolute Gasteiger partial charge is 0.371 e. The first-order chi connectivity index (χ1) is 13.1. The Hall–Kier alpha value is -1.85. The van der Waals surface area contributed by atoms with E-state index in [0.717, 1.165) is 44.9 Å². The number of hydrogen-bond acceptors (Lipinski definition) is 3. The van der Waals surface area contributed by atoms with E-state index in [-0.39, 0.29) is 6.67 Å². The summed E-state index contributed by atoms with van der Waals surface area (Å²) >= 11 is 0.